The summed E-state index contributed by atoms with van der Waals surface area (Å²) in [6.45, 7) is 1.51. The normalized spacial score (nSPS) is 11.1. The largest absolute Gasteiger partial charge is 0.509 e. The minimum atomic E-state index is -0.872. The smallest absolute Gasteiger partial charge is 0.457 e. The fourth-order valence-electron chi connectivity index (χ4n) is 1.67. The van der Waals surface area contributed by atoms with Crippen LogP contribution in [-0.2, 0) is 16.1 Å². The summed E-state index contributed by atoms with van der Waals surface area (Å²) in [5.41, 5.74) is 0.759. The van der Waals surface area contributed by atoms with Gasteiger partial charge in [-0.2, -0.15) is 5.26 Å². The molecule has 0 saturated heterocycles. The zero-order valence-electron chi connectivity index (χ0n) is 12.1. The molecule has 0 aromatic heterocycles. The molecule has 112 valence electrons. The van der Waals surface area contributed by atoms with E-state index >= 15 is 0 Å². The molecule has 2 aromatic carbocycles. The van der Waals surface area contributed by atoms with E-state index in [1.54, 1.807) is 24.3 Å². The summed E-state index contributed by atoms with van der Waals surface area (Å²) >= 11 is 0. The molecular weight excluding hydrogens is 282 g/mol. The van der Waals surface area contributed by atoms with Crippen molar-refractivity contribution in [1.29, 1.82) is 5.26 Å². The number of benzene rings is 2. The molecule has 22 heavy (non-hydrogen) atoms. The summed E-state index contributed by atoms with van der Waals surface area (Å²) in [7, 11) is 0. The van der Waals surface area contributed by atoms with Crippen LogP contribution < -0.4 is 4.74 Å². The standard InChI is InChI=1S/C17H15NO4/c1-13(11-18)21-17(19)20-12-14-6-5-9-16(10-14)22-15-7-3-2-4-8-15/h2-10,13H,12H2,1H3. The third-order valence-electron chi connectivity index (χ3n) is 2.69. The highest BCUT2D eigenvalue weighted by atomic mass is 16.7. The summed E-state index contributed by atoms with van der Waals surface area (Å²) in [4.78, 5) is 11.3. The van der Waals surface area contributed by atoms with Crippen molar-refractivity contribution in [2.24, 2.45) is 0 Å². The lowest BCUT2D eigenvalue weighted by atomic mass is 10.2. The van der Waals surface area contributed by atoms with Gasteiger partial charge in [-0.3, -0.25) is 0 Å². The van der Waals surface area contributed by atoms with Gasteiger partial charge in [-0.15, -0.1) is 0 Å². The summed E-state index contributed by atoms with van der Waals surface area (Å²) in [6, 6.07) is 18.4. The minimum absolute atomic E-state index is 0.0446. The maximum Gasteiger partial charge on any atom is 0.509 e. The van der Waals surface area contributed by atoms with Crippen LogP contribution in [0.15, 0.2) is 54.6 Å². The molecule has 0 spiro atoms. The maximum absolute atomic E-state index is 11.3. The molecule has 0 aliphatic rings. The molecule has 2 rings (SSSR count). The SMILES string of the molecule is CC(C#N)OC(=O)OCc1cccc(Oc2ccccc2)c1. The van der Waals surface area contributed by atoms with Crippen LogP contribution in [0.2, 0.25) is 0 Å². The molecular formula is C17H15NO4. The molecule has 2 aromatic rings. The average molecular weight is 297 g/mol. The van der Waals surface area contributed by atoms with Gasteiger partial charge in [0.2, 0.25) is 0 Å². The Hall–Kier alpha value is -3.00. The molecule has 0 aliphatic carbocycles. The van der Waals surface area contributed by atoms with Crippen molar-refractivity contribution in [3.8, 4) is 17.6 Å². The molecule has 0 fully saturated rings. The van der Waals surface area contributed by atoms with Crippen LogP contribution >= 0.6 is 0 Å². The summed E-state index contributed by atoms with van der Waals surface area (Å²) in [6.07, 6.45) is -1.70. The van der Waals surface area contributed by atoms with Gasteiger partial charge in [0.05, 0.1) is 0 Å². The van der Waals surface area contributed by atoms with Gasteiger partial charge in [-0.1, -0.05) is 30.3 Å². The van der Waals surface area contributed by atoms with Crippen LogP contribution in [0.4, 0.5) is 4.79 Å². The Balaban J connectivity index is 1.92. The molecule has 0 heterocycles. The number of hydrogen-bond acceptors (Lipinski definition) is 5. The first-order valence-corrected chi connectivity index (χ1v) is 6.72. The third kappa shape index (κ3) is 4.84. The van der Waals surface area contributed by atoms with Crippen molar-refractivity contribution in [3.63, 3.8) is 0 Å². The zero-order valence-corrected chi connectivity index (χ0v) is 12.1. The number of hydrogen-bond donors (Lipinski definition) is 0. The van der Waals surface area contributed by atoms with Gasteiger partial charge in [0.1, 0.15) is 24.2 Å². The average Bonchev–Trinajstić information content (AvgIpc) is 2.54. The van der Waals surface area contributed by atoms with E-state index in [1.165, 1.54) is 6.92 Å². The van der Waals surface area contributed by atoms with E-state index in [0.717, 1.165) is 11.3 Å². The van der Waals surface area contributed by atoms with E-state index < -0.39 is 12.3 Å². The van der Waals surface area contributed by atoms with Gasteiger partial charge in [0, 0.05) is 0 Å². The van der Waals surface area contributed by atoms with Crippen LogP contribution in [0.3, 0.4) is 0 Å². The fourth-order valence-corrected chi connectivity index (χ4v) is 1.67. The molecule has 0 bridgehead atoms. The van der Waals surface area contributed by atoms with Crippen molar-refractivity contribution < 1.29 is 19.0 Å². The number of carbonyl (C=O) groups is 1. The lowest BCUT2D eigenvalue weighted by molar-refractivity contribution is 0.0386. The predicted octanol–water partition coefficient (Wildman–Crippen LogP) is 4.04. The Labute approximate surface area is 128 Å². The highest BCUT2D eigenvalue weighted by molar-refractivity contribution is 5.60. The van der Waals surface area contributed by atoms with Gasteiger partial charge in [-0.05, 0) is 36.8 Å². The topological polar surface area (TPSA) is 68.5 Å². The summed E-state index contributed by atoms with van der Waals surface area (Å²) < 4.78 is 15.3. The quantitative estimate of drug-likeness (QED) is 0.779. The number of para-hydroxylation sites is 1. The minimum Gasteiger partial charge on any atom is -0.457 e. The monoisotopic (exact) mass is 297 g/mol. The lowest BCUT2D eigenvalue weighted by Gasteiger charge is -2.09. The van der Waals surface area contributed by atoms with E-state index in [9.17, 15) is 4.79 Å². The molecule has 0 radical (unpaired) electrons. The van der Waals surface area contributed by atoms with E-state index in [-0.39, 0.29) is 6.61 Å². The molecule has 0 saturated carbocycles. The van der Waals surface area contributed by atoms with Crippen molar-refractivity contribution in [2.75, 3.05) is 0 Å². The number of rotatable bonds is 5. The van der Waals surface area contributed by atoms with Crippen LogP contribution in [0, 0.1) is 11.3 Å². The number of nitrogens with zero attached hydrogens (tertiary/aromatic N) is 1. The predicted molar refractivity (Wildman–Crippen MR) is 79.3 cm³/mol. The Morgan fingerprint density at radius 3 is 2.59 bits per heavy atom. The van der Waals surface area contributed by atoms with Crippen molar-refractivity contribution in [1.82, 2.24) is 0 Å². The third-order valence-corrected chi connectivity index (χ3v) is 2.69. The molecule has 0 amide bonds. The van der Waals surface area contributed by atoms with Gasteiger partial charge < -0.3 is 14.2 Å². The van der Waals surface area contributed by atoms with E-state index in [0.29, 0.717) is 5.75 Å². The van der Waals surface area contributed by atoms with Crippen LogP contribution in [0.5, 0.6) is 11.5 Å². The Kier molecular flexibility index (Phi) is 5.38. The second-order valence-corrected chi connectivity index (χ2v) is 4.49. The van der Waals surface area contributed by atoms with Gasteiger partial charge >= 0.3 is 6.16 Å². The highest BCUT2D eigenvalue weighted by Crippen LogP contribution is 2.22. The van der Waals surface area contributed by atoms with Gasteiger partial charge in [0.15, 0.2) is 6.10 Å². The lowest BCUT2D eigenvalue weighted by Crippen LogP contribution is -2.14. The highest BCUT2D eigenvalue weighted by Gasteiger charge is 2.09. The second kappa shape index (κ2) is 7.70. The van der Waals surface area contributed by atoms with Gasteiger partial charge in [0.25, 0.3) is 0 Å². The van der Waals surface area contributed by atoms with Crippen LogP contribution in [0.25, 0.3) is 0 Å². The first-order chi connectivity index (χ1) is 10.7. The first-order valence-electron chi connectivity index (χ1n) is 6.72. The second-order valence-electron chi connectivity index (χ2n) is 4.49. The molecule has 5 heteroatoms. The fraction of sp³-hybridized carbons (Fsp3) is 0.176. The number of carbonyl (C=O) groups excluding carboxylic acids is 1. The molecule has 1 atom stereocenters. The summed E-state index contributed by atoms with van der Waals surface area (Å²) in [5.74, 6) is 1.37. The van der Waals surface area contributed by atoms with Crippen LogP contribution in [-0.4, -0.2) is 12.3 Å². The number of ether oxygens (including phenoxy) is 3. The van der Waals surface area contributed by atoms with Crippen molar-refractivity contribution >= 4 is 6.16 Å². The molecule has 0 N–H and O–H groups in total. The Bertz CT molecular complexity index is 664. The van der Waals surface area contributed by atoms with Gasteiger partial charge in [-0.25, -0.2) is 4.79 Å². The Morgan fingerprint density at radius 2 is 1.86 bits per heavy atom. The Morgan fingerprint density at radius 1 is 1.14 bits per heavy atom. The molecule has 0 aliphatic heterocycles. The summed E-state index contributed by atoms with van der Waals surface area (Å²) in [5, 5.41) is 8.55. The molecule has 5 nitrogen and oxygen atoms in total. The van der Waals surface area contributed by atoms with E-state index in [2.05, 4.69) is 0 Å². The number of nitriles is 1. The van der Waals surface area contributed by atoms with Crippen molar-refractivity contribution in [2.45, 2.75) is 19.6 Å². The molecule has 1 unspecified atom stereocenters. The van der Waals surface area contributed by atoms with E-state index in [4.69, 9.17) is 19.5 Å². The van der Waals surface area contributed by atoms with Crippen LogP contribution in [0.1, 0.15) is 12.5 Å². The first kappa shape index (κ1) is 15.4. The maximum atomic E-state index is 11.3. The zero-order chi connectivity index (χ0) is 15.8. The van der Waals surface area contributed by atoms with Crippen molar-refractivity contribution in [3.05, 3.63) is 60.2 Å². The van der Waals surface area contributed by atoms with E-state index in [1.807, 2.05) is 36.4 Å².